The molecule has 0 aromatic heterocycles. The third-order valence-electron chi connectivity index (χ3n) is 3.49. The van der Waals surface area contributed by atoms with Gasteiger partial charge in [-0.15, -0.1) is 0 Å². The van der Waals surface area contributed by atoms with Gasteiger partial charge in [-0.3, -0.25) is 4.90 Å². The summed E-state index contributed by atoms with van der Waals surface area (Å²) >= 11 is 0. The molecule has 1 unspecified atom stereocenters. The van der Waals surface area contributed by atoms with E-state index >= 15 is 0 Å². The van der Waals surface area contributed by atoms with E-state index < -0.39 is 0 Å². The minimum Gasteiger partial charge on any atom is -0.312 e. The first kappa shape index (κ1) is 13.7. The minimum atomic E-state index is 0.677. The molecule has 0 aliphatic carbocycles. The maximum Gasteiger partial charge on any atom is 0.140 e. The van der Waals surface area contributed by atoms with E-state index in [4.69, 9.17) is 0 Å². The number of likely N-dealkylation sites (N-methyl/N-ethyl adjacent to an activating group) is 1. The Morgan fingerprint density at radius 1 is 1.62 bits per heavy atom. The highest BCUT2D eigenvalue weighted by molar-refractivity contribution is 6.35. The lowest BCUT2D eigenvalue weighted by atomic mass is 9.71. The van der Waals surface area contributed by atoms with Gasteiger partial charge in [0.1, 0.15) is 7.28 Å². The fourth-order valence-corrected chi connectivity index (χ4v) is 2.25. The van der Waals surface area contributed by atoms with Crippen LogP contribution in [0.25, 0.3) is 0 Å². The Hall–Kier alpha value is -0.315. The highest BCUT2D eigenvalue weighted by atomic mass is 15.2. The predicted octanol–water partition coefficient (Wildman–Crippen LogP) is 0.210. The van der Waals surface area contributed by atoms with E-state index in [-0.39, 0.29) is 0 Å². The van der Waals surface area contributed by atoms with Crippen LogP contribution >= 0.6 is 0 Å². The summed E-state index contributed by atoms with van der Waals surface area (Å²) in [6.07, 6.45) is 0. The Morgan fingerprint density at radius 3 is 3.00 bits per heavy atom. The van der Waals surface area contributed by atoms with Gasteiger partial charge in [-0.05, 0) is 25.1 Å². The molecule has 0 spiro atoms. The highest BCUT2D eigenvalue weighted by Crippen LogP contribution is 2.04. The second-order valence-corrected chi connectivity index (χ2v) is 4.80. The SMILES string of the molecule is C=C1CNCCN(CC(BC)N(C)CC)C1. The van der Waals surface area contributed by atoms with E-state index in [0.29, 0.717) is 5.94 Å². The molecule has 1 fully saturated rings. The molecule has 0 bridgehead atoms. The topological polar surface area (TPSA) is 18.5 Å². The molecule has 1 atom stereocenters. The van der Waals surface area contributed by atoms with Crippen LogP contribution in [-0.2, 0) is 0 Å². The van der Waals surface area contributed by atoms with Crippen molar-refractivity contribution in [2.45, 2.75) is 19.7 Å². The normalized spacial score (nSPS) is 20.9. The lowest BCUT2D eigenvalue weighted by Crippen LogP contribution is -2.46. The van der Waals surface area contributed by atoms with Gasteiger partial charge >= 0.3 is 0 Å². The Bertz CT molecular complexity index is 220. The first-order chi connectivity index (χ1) is 7.67. The molecule has 92 valence electrons. The zero-order valence-corrected chi connectivity index (χ0v) is 11.1. The van der Waals surface area contributed by atoms with Gasteiger partial charge < -0.3 is 10.2 Å². The molecule has 1 aliphatic heterocycles. The van der Waals surface area contributed by atoms with Crippen molar-refractivity contribution in [3.8, 4) is 0 Å². The quantitative estimate of drug-likeness (QED) is 0.531. The van der Waals surface area contributed by atoms with Gasteiger partial charge in [0.15, 0.2) is 0 Å². The van der Waals surface area contributed by atoms with Crippen molar-refractivity contribution < 1.29 is 0 Å². The minimum absolute atomic E-state index is 0.677. The van der Waals surface area contributed by atoms with Crippen molar-refractivity contribution in [2.75, 3.05) is 46.3 Å². The third kappa shape index (κ3) is 4.28. The molecule has 0 aromatic rings. The van der Waals surface area contributed by atoms with Crippen LogP contribution in [0.2, 0.25) is 6.82 Å². The third-order valence-corrected chi connectivity index (χ3v) is 3.49. The van der Waals surface area contributed by atoms with Gasteiger partial charge in [0.25, 0.3) is 0 Å². The summed E-state index contributed by atoms with van der Waals surface area (Å²) in [5.41, 5.74) is 1.31. The highest BCUT2D eigenvalue weighted by Gasteiger charge is 2.18. The molecule has 0 radical (unpaired) electrons. The zero-order valence-electron chi connectivity index (χ0n) is 11.1. The zero-order chi connectivity index (χ0) is 12.0. The van der Waals surface area contributed by atoms with Crippen LogP contribution in [0.5, 0.6) is 0 Å². The fraction of sp³-hybridized carbons (Fsp3) is 0.833. The number of nitrogens with one attached hydrogen (secondary N) is 1. The average Bonchev–Trinajstić information content (AvgIpc) is 2.49. The van der Waals surface area contributed by atoms with Gasteiger partial charge in [0.2, 0.25) is 0 Å². The summed E-state index contributed by atoms with van der Waals surface area (Å²) < 4.78 is 0. The molecule has 0 aromatic carbocycles. The molecule has 0 saturated carbocycles. The van der Waals surface area contributed by atoms with Crippen LogP contribution in [0.15, 0.2) is 12.2 Å². The van der Waals surface area contributed by atoms with E-state index in [1.165, 1.54) is 19.4 Å². The standard InChI is InChI=1S/C12H26BN3/c1-5-15(4)12(13-3)10-16-7-6-14-8-11(2)9-16/h12-14H,2,5-10H2,1,3-4H3. The average molecular weight is 223 g/mol. The maximum atomic E-state index is 4.10. The fourth-order valence-electron chi connectivity index (χ4n) is 2.25. The summed E-state index contributed by atoms with van der Waals surface area (Å²) in [5.74, 6) is 0.677. The van der Waals surface area contributed by atoms with Crippen molar-refractivity contribution in [3.05, 3.63) is 12.2 Å². The van der Waals surface area contributed by atoms with Crippen LogP contribution in [0.1, 0.15) is 6.92 Å². The molecule has 0 amide bonds. The molecular weight excluding hydrogens is 197 g/mol. The van der Waals surface area contributed by atoms with Gasteiger partial charge in [0.05, 0.1) is 0 Å². The largest absolute Gasteiger partial charge is 0.312 e. The maximum absolute atomic E-state index is 4.10. The van der Waals surface area contributed by atoms with Crippen molar-refractivity contribution in [1.29, 1.82) is 0 Å². The molecule has 1 N–H and O–H groups in total. The second-order valence-electron chi connectivity index (χ2n) is 4.80. The van der Waals surface area contributed by atoms with Crippen molar-refractivity contribution in [2.24, 2.45) is 0 Å². The first-order valence-electron chi connectivity index (χ1n) is 6.47. The number of rotatable bonds is 5. The molecule has 1 heterocycles. The van der Waals surface area contributed by atoms with E-state index in [0.717, 1.165) is 32.7 Å². The Morgan fingerprint density at radius 2 is 2.38 bits per heavy atom. The molecular formula is C12H26BN3. The van der Waals surface area contributed by atoms with Crippen LogP contribution in [0.3, 0.4) is 0 Å². The molecule has 3 nitrogen and oxygen atoms in total. The Balaban J connectivity index is 2.46. The first-order valence-corrected chi connectivity index (χ1v) is 6.47. The summed E-state index contributed by atoms with van der Waals surface area (Å²) in [7, 11) is 3.44. The predicted molar refractivity (Wildman–Crippen MR) is 73.6 cm³/mol. The lowest BCUT2D eigenvalue weighted by Gasteiger charge is -2.31. The van der Waals surface area contributed by atoms with Crippen LogP contribution in [0, 0.1) is 0 Å². The van der Waals surface area contributed by atoms with Crippen LogP contribution in [-0.4, -0.2) is 69.3 Å². The van der Waals surface area contributed by atoms with Crippen molar-refractivity contribution >= 4 is 7.28 Å². The van der Waals surface area contributed by atoms with Crippen LogP contribution in [0.4, 0.5) is 0 Å². The second kappa shape index (κ2) is 7.10. The molecule has 16 heavy (non-hydrogen) atoms. The summed E-state index contributed by atoms with van der Waals surface area (Å²) in [5, 5.41) is 3.41. The molecule has 1 aliphatic rings. The van der Waals surface area contributed by atoms with Crippen molar-refractivity contribution in [3.63, 3.8) is 0 Å². The van der Waals surface area contributed by atoms with E-state index in [2.05, 4.69) is 42.5 Å². The Kier molecular flexibility index (Phi) is 6.10. The molecule has 1 saturated heterocycles. The van der Waals surface area contributed by atoms with Gasteiger partial charge in [0, 0.05) is 32.7 Å². The number of hydrogen-bond donors (Lipinski definition) is 1. The Labute approximate surface area is 101 Å². The number of nitrogens with zero attached hydrogens (tertiary/aromatic N) is 2. The van der Waals surface area contributed by atoms with Gasteiger partial charge in [-0.2, -0.15) is 0 Å². The smallest absolute Gasteiger partial charge is 0.140 e. The summed E-state index contributed by atoms with van der Waals surface area (Å²) in [6, 6.07) is 0. The molecule has 4 heteroatoms. The monoisotopic (exact) mass is 223 g/mol. The lowest BCUT2D eigenvalue weighted by molar-refractivity contribution is 0.225. The van der Waals surface area contributed by atoms with E-state index in [9.17, 15) is 0 Å². The van der Waals surface area contributed by atoms with E-state index in [1.807, 2.05) is 0 Å². The van der Waals surface area contributed by atoms with Gasteiger partial charge in [-0.1, -0.05) is 20.3 Å². The van der Waals surface area contributed by atoms with Gasteiger partial charge in [-0.25, -0.2) is 0 Å². The van der Waals surface area contributed by atoms with E-state index in [1.54, 1.807) is 0 Å². The van der Waals surface area contributed by atoms with Crippen LogP contribution < -0.4 is 5.32 Å². The van der Waals surface area contributed by atoms with Crippen molar-refractivity contribution in [1.82, 2.24) is 15.1 Å². The summed E-state index contributed by atoms with van der Waals surface area (Å²) in [6.45, 7) is 15.2. The summed E-state index contributed by atoms with van der Waals surface area (Å²) in [4.78, 5) is 4.98. The molecule has 1 rings (SSSR count). The number of hydrogen-bond acceptors (Lipinski definition) is 3.